The van der Waals surface area contributed by atoms with Gasteiger partial charge in [0.25, 0.3) is 0 Å². The number of unbranched alkanes of at least 4 members (excludes halogenated alkanes) is 1. The second-order valence-corrected chi connectivity index (χ2v) is 4.66. The SMILES string of the molecule is NC(=O)CCCCOC1CNc2ccccc2C1. The summed E-state index contributed by atoms with van der Waals surface area (Å²) < 4.78 is 5.81. The fraction of sp³-hybridized carbons (Fsp3) is 0.500. The van der Waals surface area contributed by atoms with E-state index in [-0.39, 0.29) is 12.0 Å². The molecule has 0 aliphatic carbocycles. The van der Waals surface area contributed by atoms with Gasteiger partial charge in [0.1, 0.15) is 0 Å². The summed E-state index contributed by atoms with van der Waals surface area (Å²) in [7, 11) is 0. The summed E-state index contributed by atoms with van der Waals surface area (Å²) in [4.78, 5) is 10.6. The zero-order valence-electron chi connectivity index (χ0n) is 10.5. The highest BCUT2D eigenvalue weighted by Gasteiger charge is 2.17. The second kappa shape index (κ2) is 6.40. The number of hydrogen-bond acceptors (Lipinski definition) is 3. The maximum absolute atomic E-state index is 10.6. The number of anilines is 1. The average Bonchev–Trinajstić information content (AvgIpc) is 2.38. The molecule has 1 aliphatic heterocycles. The number of amides is 1. The number of primary amides is 1. The number of carbonyl (C=O) groups is 1. The minimum atomic E-state index is -0.233. The first-order chi connectivity index (χ1) is 8.75. The molecule has 3 N–H and O–H groups in total. The van der Waals surface area contributed by atoms with Gasteiger partial charge in [-0.05, 0) is 24.5 Å². The summed E-state index contributed by atoms with van der Waals surface area (Å²) >= 11 is 0. The van der Waals surface area contributed by atoms with Crippen LogP contribution in [0.4, 0.5) is 5.69 Å². The lowest BCUT2D eigenvalue weighted by atomic mass is 10.0. The third kappa shape index (κ3) is 3.74. The monoisotopic (exact) mass is 248 g/mol. The van der Waals surface area contributed by atoms with E-state index >= 15 is 0 Å². The molecule has 0 saturated carbocycles. The van der Waals surface area contributed by atoms with Crippen LogP contribution >= 0.6 is 0 Å². The Bertz CT molecular complexity index is 407. The molecule has 18 heavy (non-hydrogen) atoms. The summed E-state index contributed by atoms with van der Waals surface area (Å²) in [6.45, 7) is 1.55. The van der Waals surface area contributed by atoms with Crippen LogP contribution in [0.5, 0.6) is 0 Å². The Morgan fingerprint density at radius 1 is 1.39 bits per heavy atom. The molecular weight excluding hydrogens is 228 g/mol. The zero-order chi connectivity index (χ0) is 12.8. The van der Waals surface area contributed by atoms with Crippen molar-refractivity contribution in [2.75, 3.05) is 18.5 Å². The van der Waals surface area contributed by atoms with Crippen LogP contribution in [0.25, 0.3) is 0 Å². The van der Waals surface area contributed by atoms with E-state index in [4.69, 9.17) is 10.5 Å². The number of nitrogens with one attached hydrogen (secondary N) is 1. The first kappa shape index (κ1) is 12.9. The van der Waals surface area contributed by atoms with Crippen LogP contribution in [0.2, 0.25) is 0 Å². The third-order valence-corrected chi connectivity index (χ3v) is 3.16. The van der Waals surface area contributed by atoms with E-state index in [1.165, 1.54) is 11.3 Å². The molecule has 1 aromatic carbocycles. The third-order valence-electron chi connectivity index (χ3n) is 3.16. The van der Waals surface area contributed by atoms with Crippen molar-refractivity contribution in [1.82, 2.24) is 0 Å². The largest absolute Gasteiger partial charge is 0.382 e. The Kier molecular flexibility index (Phi) is 4.59. The first-order valence-corrected chi connectivity index (χ1v) is 6.47. The number of para-hydroxylation sites is 1. The lowest BCUT2D eigenvalue weighted by Gasteiger charge is -2.26. The lowest BCUT2D eigenvalue weighted by molar-refractivity contribution is -0.118. The molecular formula is C14H20N2O2. The predicted octanol–water partition coefficient (Wildman–Crippen LogP) is 1.70. The molecule has 0 saturated heterocycles. The molecule has 0 spiro atoms. The van der Waals surface area contributed by atoms with Gasteiger partial charge in [-0.3, -0.25) is 4.79 Å². The normalized spacial score (nSPS) is 17.9. The van der Waals surface area contributed by atoms with Crippen LogP contribution < -0.4 is 11.1 Å². The van der Waals surface area contributed by atoms with Gasteiger partial charge in [0.05, 0.1) is 6.10 Å². The van der Waals surface area contributed by atoms with E-state index in [9.17, 15) is 4.79 Å². The molecule has 0 radical (unpaired) electrons. The molecule has 0 bridgehead atoms. The number of fused-ring (bicyclic) bond motifs is 1. The molecule has 1 heterocycles. The van der Waals surface area contributed by atoms with Gasteiger partial charge in [-0.1, -0.05) is 18.2 Å². The Balaban J connectivity index is 1.68. The minimum Gasteiger partial charge on any atom is -0.382 e. The number of benzene rings is 1. The molecule has 2 rings (SSSR count). The minimum absolute atomic E-state index is 0.230. The predicted molar refractivity (Wildman–Crippen MR) is 71.4 cm³/mol. The van der Waals surface area contributed by atoms with Crippen molar-refractivity contribution >= 4 is 11.6 Å². The number of nitrogens with two attached hydrogens (primary N) is 1. The van der Waals surface area contributed by atoms with Crippen LogP contribution in [0.3, 0.4) is 0 Å². The van der Waals surface area contributed by atoms with E-state index in [2.05, 4.69) is 23.5 Å². The van der Waals surface area contributed by atoms with Crippen molar-refractivity contribution in [3.05, 3.63) is 29.8 Å². The maximum atomic E-state index is 10.6. The van der Waals surface area contributed by atoms with Crippen molar-refractivity contribution in [3.8, 4) is 0 Å². The van der Waals surface area contributed by atoms with Gasteiger partial charge in [0.15, 0.2) is 0 Å². The molecule has 1 aliphatic rings. The Hall–Kier alpha value is -1.55. The van der Waals surface area contributed by atoms with Gasteiger partial charge in [-0.2, -0.15) is 0 Å². The van der Waals surface area contributed by atoms with Gasteiger partial charge in [0.2, 0.25) is 5.91 Å². The summed E-state index contributed by atoms with van der Waals surface area (Å²) in [5.74, 6) is -0.233. The Labute approximate surface area is 108 Å². The van der Waals surface area contributed by atoms with Crippen LogP contribution in [0, 0.1) is 0 Å². The van der Waals surface area contributed by atoms with E-state index in [1.807, 2.05) is 6.07 Å². The van der Waals surface area contributed by atoms with Crippen LogP contribution in [-0.4, -0.2) is 25.2 Å². The molecule has 0 fully saturated rings. The fourth-order valence-electron chi connectivity index (χ4n) is 2.18. The summed E-state index contributed by atoms with van der Waals surface area (Å²) in [5.41, 5.74) is 7.61. The van der Waals surface area contributed by atoms with Crippen molar-refractivity contribution in [1.29, 1.82) is 0 Å². The zero-order valence-corrected chi connectivity index (χ0v) is 10.5. The summed E-state index contributed by atoms with van der Waals surface area (Å²) in [6, 6.07) is 8.32. The Morgan fingerprint density at radius 2 is 2.22 bits per heavy atom. The standard InChI is InChI=1S/C14H20N2O2/c15-14(17)7-3-4-8-18-12-9-11-5-1-2-6-13(11)16-10-12/h1-2,5-6,12,16H,3-4,7-10H2,(H2,15,17). The average molecular weight is 248 g/mol. The van der Waals surface area contributed by atoms with E-state index in [0.717, 1.165) is 25.8 Å². The van der Waals surface area contributed by atoms with Crippen LogP contribution in [0.15, 0.2) is 24.3 Å². The number of carbonyl (C=O) groups excluding carboxylic acids is 1. The van der Waals surface area contributed by atoms with Gasteiger partial charge in [-0.15, -0.1) is 0 Å². The highest BCUT2D eigenvalue weighted by atomic mass is 16.5. The molecule has 1 unspecified atom stereocenters. The molecule has 98 valence electrons. The highest BCUT2D eigenvalue weighted by Crippen LogP contribution is 2.22. The van der Waals surface area contributed by atoms with Gasteiger partial charge < -0.3 is 15.8 Å². The highest BCUT2D eigenvalue weighted by molar-refractivity contribution is 5.73. The van der Waals surface area contributed by atoms with Crippen LogP contribution in [0.1, 0.15) is 24.8 Å². The molecule has 0 aromatic heterocycles. The topological polar surface area (TPSA) is 64.4 Å². The smallest absolute Gasteiger partial charge is 0.217 e. The molecule has 4 heteroatoms. The molecule has 1 atom stereocenters. The van der Waals surface area contributed by atoms with E-state index < -0.39 is 0 Å². The number of hydrogen-bond donors (Lipinski definition) is 2. The van der Waals surface area contributed by atoms with Crippen molar-refractivity contribution in [2.24, 2.45) is 5.73 Å². The van der Waals surface area contributed by atoms with Gasteiger partial charge in [0, 0.05) is 31.7 Å². The van der Waals surface area contributed by atoms with Crippen molar-refractivity contribution in [3.63, 3.8) is 0 Å². The lowest BCUT2D eigenvalue weighted by Crippen LogP contribution is -2.30. The quantitative estimate of drug-likeness (QED) is 0.753. The molecule has 1 aromatic rings. The van der Waals surface area contributed by atoms with E-state index in [1.54, 1.807) is 0 Å². The summed E-state index contributed by atoms with van der Waals surface area (Å²) in [5, 5.41) is 3.37. The Morgan fingerprint density at radius 3 is 3.06 bits per heavy atom. The summed E-state index contributed by atoms with van der Waals surface area (Å²) in [6.07, 6.45) is 3.34. The van der Waals surface area contributed by atoms with Crippen LogP contribution in [-0.2, 0) is 16.0 Å². The second-order valence-electron chi connectivity index (χ2n) is 4.66. The first-order valence-electron chi connectivity index (χ1n) is 6.47. The van der Waals surface area contributed by atoms with Crippen molar-refractivity contribution in [2.45, 2.75) is 31.8 Å². The van der Waals surface area contributed by atoms with Gasteiger partial charge >= 0.3 is 0 Å². The molecule has 1 amide bonds. The number of ether oxygens (including phenoxy) is 1. The fourth-order valence-corrected chi connectivity index (χ4v) is 2.18. The van der Waals surface area contributed by atoms with Gasteiger partial charge in [-0.25, -0.2) is 0 Å². The molecule has 4 nitrogen and oxygen atoms in total. The van der Waals surface area contributed by atoms with E-state index in [0.29, 0.717) is 13.0 Å². The van der Waals surface area contributed by atoms with Crippen molar-refractivity contribution < 1.29 is 9.53 Å². The maximum Gasteiger partial charge on any atom is 0.217 e. The number of rotatable bonds is 6.